The molecule has 8 fully saturated rings. The number of esters is 8. The van der Waals surface area contributed by atoms with Gasteiger partial charge >= 0.3 is 71.6 Å². The van der Waals surface area contributed by atoms with Gasteiger partial charge in [0.15, 0.2) is 54.6 Å². The van der Waals surface area contributed by atoms with Gasteiger partial charge in [-0.15, -0.1) is 0 Å². The Balaban J connectivity index is 0.000000231. The zero-order valence-corrected chi connectivity index (χ0v) is 50.7. The van der Waals surface area contributed by atoms with Crippen LogP contribution in [0.1, 0.15) is 32.6 Å². The van der Waals surface area contributed by atoms with Crippen LogP contribution in [0.2, 0.25) is 0 Å². The maximum Gasteiger partial charge on any atom is 0.331 e. The zero-order chi connectivity index (χ0) is 70.8. The standard InChI is InChI=1S/2C15H18O9.2C15H16O9/c4*1-8(16)2-4-12(19)23-9-6-21-15-10(7-22-14(9)15)24-13(20)5-3-11(17)18/h3,5,9-10,14-16H,1-2,4,6-7H2,(H,17,18);2,4,9-10,14-16H,1,3,5-7H2,(H,17,18);2-5,9-10,14-15H,6-7H2,1H3,(H,17,18);2-5,9-10,14-16H,1,6-7H2,(H,17,18)/b5-3+;4-2-;4-2+,5-3+;4-2-,5-3+/t4*9-,10-,14-,15-/m1111/s1. The molecule has 0 aliphatic carbocycles. The fourth-order valence-electron chi connectivity index (χ4n) is 9.50. The molecule has 8 aliphatic rings. The van der Waals surface area contributed by atoms with E-state index >= 15 is 0 Å². The molecule has 0 amide bonds. The van der Waals surface area contributed by atoms with Gasteiger partial charge in [-0.3, -0.25) is 19.2 Å². The number of carbonyl (C=O) groups excluding carboxylic acids is 9. The minimum atomic E-state index is -1.27. The van der Waals surface area contributed by atoms with Crippen LogP contribution in [0.3, 0.4) is 0 Å². The van der Waals surface area contributed by atoms with Gasteiger partial charge in [-0.05, 0) is 25.2 Å². The van der Waals surface area contributed by atoms with Gasteiger partial charge in [-0.25, -0.2) is 43.2 Å². The van der Waals surface area contributed by atoms with Crippen LogP contribution < -0.4 is 0 Å². The summed E-state index contributed by atoms with van der Waals surface area (Å²) in [5.74, 6) is -11.6. The summed E-state index contributed by atoms with van der Waals surface area (Å²) in [5.41, 5.74) is 0. The maximum atomic E-state index is 11.7. The van der Waals surface area contributed by atoms with E-state index < -0.39 is 169 Å². The Labute approximate surface area is 543 Å². The lowest BCUT2D eigenvalue weighted by Gasteiger charge is -2.17. The number of aliphatic hydroxyl groups excluding tert-OH is 3. The normalized spacial score (nSPS) is 28.7. The highest BCUT2D eigenvalue weighted by molar-refractivity contribution is 5.95. The highest BCUT2D eigenvalue weighted by atomic mass is 16.7. The largest absolute Gasteiger partial charge is 0.513 e. The average Bonchev–Trinajstić information content (AvgIpc) is 1.68. The fourth-order valence-corrected chi connectivity index (χ4v) is 9.50. The number of fused-ring (bicyclic) bond motifs is 4. The molecule has 8 saturated heterocycles. The molecule has 16 atom stereocenters. The number of aliphatic hydroxyl groups is 3. The lowest BCUT2D eigenvalue weighted by atomic mass is 10.1. The summed E-state index contributed by atoms with van der Waals surface area (Å²) < 4.78 is 84.7. The van der Waals surface area contributed by atoms with Crippen molar-refractivity contribution in [1.29, 1.82) is 0 Å². The molecule has 0 bridgehead atoms. The third-order valence-electron chi connectivity index (χ3n) is 13.5. The first-order chi connectivity index (χ1) is 45.5. The molecule has 0 aromatic carbocycles. The molecule has 96 heavy (non-hydrogen) atoms. The second-order valence-electron chi connectivity index (χ2n) is 20.9. The number of rotatable bonds is 26. The molecule has 8 heterocycles. The molecule has 0 spiro atoms. The van der Waals surface area contributed by atoms with E-state index in [1.807, 2.05) is 0 Å². The molecule has 0 aromatic heterocycles. The second-order valence-corrected chi connectivity index (χ2v) is 20.9. The third kappa shape index (κ3) is 25.7. The lowest BCUT2D eigenvalue weighted by Crippen LogP contribution is -2.35. The summed E-state index contributed by atoms with van der Waals surface area (Å²) in [6, 6.07) is 0. The van der Waals surface area contributed by atoms with Crippen molar-refractivity contribution in [3.05, 3.63) is 110 Å². The van der Waals surface area contributed by atoms with Crippen molar-refractivity contribution in [3.8, 4) is 0 Å². The minimum absolute atomic E-state index is 0.0123. The van der Waals surface area contributed by atoms with Gasteiger partial charge in [-0.2, -0.15) is 0 Å². The first-order valence-electron chi connectivity index (χ1n) is 28.6. The Morgan fingerprint density at radius 2 is 0.510 bits per heavy atom. The summed E-state index contributed by atoms with van der Waals surface area (Å²) in [4.78, 5) is 145. The number of hydrogen-bond donors (Lipinski definition) is 7. The van der Waals surface area contributed by atoms with Crippen LogP contribution in [0.15, 0.2) is 110 Å². The van der Waals surface area contributed by atoms with E-state index in [1.54, 1.807) is 0 Å². The third-order valence-corrected chi connectivity index (χ3v) is 13.5. The number of ether oxygens (including phenoxy) is 16. The van der Waals surface area contributed by atoms with Crippen molar-refractivity contribution in [3.63, 3.8) is 0 Å². The van der Waals surface area contributed by atoms with E-state index in [1.165, 1.54) is 6.92 Å². The molecule has 8 rings (SSSR count). The molecule has 0 saturated carbocycles. The molecular weight excluding hydrogens is 1300 g/mol. The van der Waals surface area contributed by atoms with Gasteiger partial charge in [0.1, 0.15) is 60.4 Å². The van der Waals surface area contributed by atoms with Crippen molar-refractivity contribution >= 4 is 77.4 Å². The quantitative estimate of drug-likeness (QED) is 0.0188. The van der Waals surface area contributed by atoms with Gasteiger partial charge in [0, 0.05) is 61.1 Å². The number of carbonyl (C=O) groups is 13. The van der Waals surface area contributed by atoms with Gasteiger partial charge in [0.2, 0.25) is 0 Å². The number of hydrogen-bond acceptors (Lipinski definition) is 32. The van der Waals surface area contributed by atoms with Crippen LogP contribution in [0.25, 0.3) is 0 Å². The first kappa shape index (κ1) is 76.8. The maximum absolute atomic E-state index is 11.7. The van der Waals surface area contributed by atoms with Crippen molar-refractivity contribution in [2.45, 2.75) is 130 Å². The van der Waals surface area contributed by atoms with Crippen LogP contribution in [0.5, 0.6) is 0 Å². The molecule has 8 aliphatic heterocycles. The molecule has 36 nitrogen and oxygen atoms in total. The fraction of sp³-hybridized carbons (Fsp3) is 0.483. The lowest BCUT2D eigenvalue weighted by molar-refractivity contribution is -0.156. The van der Waals surface area contributed by atoms with E-state index in [-0.39, 0.29) is 102 Å². The van der Waals surface area contributed by atoms with Crippen LogP contribution in [0, 0.1) is 0 Å². The zero-order valence-electron chi connectivity index (χ0n) is 50.7. The highest BCUT2D eigenvalue weighted by Crippen LogP contribution is 2.34. The molecular formula is C60H68O36. The van der Waals surface area contributed by atoms with E-state index in [9.17, 15) is 62.3 Å². The van der Waals surface area contributed by atoms with E-state index in [2.05, 4.69) is 19.7 Å². The van der Waals surface area contributed by atoms with Crippen molar-refractivity contribution in [2.75, 3.05) is 52.9 Å². The summed E-state index contributed by atoms with van der Waals surface area (Å²) in [5, 5.41) is 60.6. The van der Waals surface area contributed by atoms with Gasteiger partial charge in [0.05, 0.1) is 77.9 Å². The Morgan fingerprint density at radius 1 is 0.302 bits per heavy atom. The van der Waals surface area contributed by atoms with E-state index in [0.717, 1.165) is 54.7 Å². The van der Waals surface area contributed by atoms with Crippen LogP contribution in [-0.2, 0) is 138 Å². The topological polar surface area (TPSA) is 511 Å². The Bertz CT molecular complexity index is 2790. The molecule has 524 valence electrons. The van der Waals surface area contributed by atoms with Crippen molar-refractivity contribution in [2.24, 2.45) is 0 Å². The summed E-state index contributed by atoms with van der Waals surface area (Å²) >= 11 is 0. The van der Waals surface area contributed by atoms with Crippen molar-refractivity contribution < 1.29 is 174 Å². The number of carboxylic acids is 4. The van der Waals surface area contributed by atoms with Crippen LogP contribution >= 0.6 is 0 Å². The predicted octanol–water partition coefficient (Wildman–Crippen LogP) is -0.529. The highest BCUT2D eigenvalue weighted by Gasteiger charge is 2.54. The summed E-state index contributed by atoms with van der Waals surface area (Å²) in [7, 11) is 0. The van der Waals surface area contributed by atoms with Crippen molar-refractivity contribution in [1.82, 2.24) is 0 Å². The number of ketones is 1. The molecule has 0 radical (unpaired) electrons. The average molecular weight is 1370 g/mol. The van der Waals surface area contributed by atoms with Crippen LogP contribution in [-0.4, -0.2) is 264 Å². The monoisotopic (exact) mass is 1360 g/mol. The molecule has 0 unspecified atom stereocenters. The molecule has 36 heteroatoms. The Kier molecular flexibility index (Phi) is 30.2. The number of aliphatic carboxylic acids is 4. The Hall–Kier alpha value is -9.95. The summed E-state index contributed by atoms with van der Waals surface area (Å²) in [6.07, 6.45) is 0.0285. The van der Waals surface area contributed by atoms with Gasteiger partial charge in [-0.1, -0.05) is 19.7 Å². The van der Waals surface area contributed by atoms with Gasteiger partial charge < -0.3 is 112 Å². The molecule has 7 N–H and O–H groups in total. The molecule has 0 aromatic rings. The van der Waals surface area contributed by atoms with E-state index in [4.69, 9.17) is 112 Å². The van der Waals surface area contributed by atoms with E-state index in [0.29, 0.717) is 18.2 Å². The van der Waals surface area contributed by atoms with Crippen LogP contribution in [0.4, 0.5) is 0 Å². The predicted molar refractivity (Wildman–Crippen MR) is 307 cm³/mol. The number of allylic oxidation sites excluding steroid dienone is 4. The SMILES string of the molecule is C=C(O)/C=C\C(=O)O[C@@H]1CO[C@H]2[C@@H]1OC[C@H]2OC(=O)/C=C/C(=O)O.C=C(O)/C=C\C(=O)O[C@@H]1CO[C@H]2[C@@H]1OC[C@H]2OC(=O)CCC(=O)O.C=C(O)CCC(=O)O[C@@H]1CO[C@H]2[C@@H]1OC[C@H]2OC(=O)/C=C/C(=O)O.CC(=O)/C=C/C(=O)O[C@@H]1CO[C@H]2[C@@H]1OC[C@H]2OC(=O)/C=C/C(=O)O. The van der Waals surface area contributed by atoms with Gasteiger partial charge in [0.25, 0.3) is 0 Å². The second kappa shape index (κ2) is 37.8. The summed E-state index contributed by atoms with van der Waals surface area (Å²) in [6.45, 7) is 11.5. The number of carboxylic acid groups (broad SMARTS) is 4. The first-order valence-corrected chi connectivity index (χ1v) is 28.6. The smallest absolute Gasteiger partial charge is 0.331 e. The Morgan fingerprint density at radius 3 is 0.708 bits per heavy atom. The minimum Gasteiger partial charge on any atom is -0.513 e.